The summed E-state index contributed by atoms with van der Waals surface area (Å²) in [6.07, 6.45) is 0.695. The summed E-state index contributed by atoms with van der Waals surface area (Å²) in [6.45, 7) is 2.75. The van der Waals surface area contributed by atoms with E-state index >= 15 is 0 Å². The van der Waals surface area contributed by atoms with Gasteiger partial charge in [-0.1, -0.05) is 0 Å². The van der Waals surface area contributed by atoms with Crippen LogP contribution in [0.1, 0.15) is 12.2 Å². The molecule has 0 saturated carbocycles. The van der Waals surface area contributed by atoms with Crippen LogP contribution in [0, 0.1) is 6.92 Å². The lowest BCUT2D eigenvalue weighted by atomic mass is 10.3. The van der Waals surface area contributed by atoms with E-state index < -0.39 is 0 Å². The van der Waals surface area contributed by atoms with Crippen LogP contribution in [0.15, 0.2) is 28.7 Å². The third-order valence-electron chi connectivity index (χ3n) is 2.30. The lowest BCUT2D eigenvalue weighted by molar-refractivity contribution is 0.292. The molecule has 0 aliphatic rings. The Hall–Kier alpha value is -1.88. The molecule has 0 saturated heterocycles. The van der Waals surface area contributed by atoms with Gasteiger partial charge in [-0.25, -0.2) is 0 Å². The van der Waals surface area contributed by atoms with E-state index in [0.717, 1.165) is 11.5 Å². The first kappa shape index (κ1) is 11.6. The van der Waals surface area contributed by atoms with Crippen molar-refractivity contribution in [2.75, 3.05) is 18.5 Å². The normalized spacial score (nSPS) is 10.5. The zero-order valence-corrected chi connectivity index (χ0v) is 9.68. The van der Waals surface area contributed by atoms with Crippen molar-refractivity contribution >= 4 is 5.82 Å². The monoisotopic (exact) mass is 233 g/mol. The molecule has 0 unspecified atom stereocenters. The highest BCUT2D eigenvalue weighted by Crippen LogP contribution is 2.19. The Morgan fingerprint density at radius 2 is 2.12 bits per heavy atom. The zero-order valence-electron chi connectivity index (χ0n) is 9.68. The van der Waals surface area contributed by atoms with E-state index in [0.29, 0.717) is 24.5 Å². The second-order valence-electron chi connectivity index (χ2n) is 3.72. The van der Waals surface area contributed by atoms with Gasteiger partial charge in [-0.2, -0.15) is 0 Å². The molecule has 0 fully saturated rings. The SMILES string of the molecule is Cc1ccc(-c2ccc(NCCCO)nn2)o1. The molecular formula is C12H15N3O2. The third-order valence-corrected chi connectivity index (χ3v) is 2.30. The Bertz CT molecular complexity index is 465. The van der Waals surface area contributed by atoms with Crippen molar-refractivity contribution in [3.63, 3.8) is 0 Å². The van der Waals surface area contributed by atoms with Gasteiger partial charge in [0.05, 0.1) is 0 Å². The van der Waals surface area contributed by atoms with Gasteiger partial charge in [0.25, 0.3) is 0 Å². The molecule has 0 aliphatic heterocycles. The molecule has 5 heteroatoms. The van der Waals surface area contributed by atoms with Gasteiger partial charge < -0.3 is 14.8 Å². The van der Waals surface area contributed by atoms with Crippen molar-refractivity contribution in [2.24, 2.45) is 0 Å². The minimum Gasteiger partial charge on any atom is -0.460 e. The molecule has 17 heavy (non-hydrogen) atoms. The van der Waals surface area contributed by atoms with Crippen molar-refractivity contribution < 1.29 is 9.52 Å². The minimum atomic E-state index is 0.171. The number of aryl methyl sites for hydroxylation is 1. The Morgan fingerprint density at radius 3 is 2.71 bits per heavy atom. The second-order valence-corrected chi connectivity index (χ2v) is 3.72. The summed E-state index contributed by atoms with van der Waals surface area (Å²) in [7, 11) is 0. The Kier molecular flexibility index (Phi) is 3.72. The average molecular weight is 233 g/mol. The minimum absolute atomic E-state index is 0.171. The number of anilines is 1. The standard InChI is InChI=1S/C12H15N3O2/c1-9-3-5-11(17-9)10-4-6-12(15-14-10)13-7-2-8-16/h3-6,16H,2,7-8H2,1H3,(H,13,15). The van der Waals surface area contributed by atoms with Crippen molar-refractivity contribution in [1.29, 1.82) is 0 Å². The van der Waals surface area contributed by atoms with Gasteiger partial charge >= 0.3 is 0 Å². The van der Waals surface area contributed by atoms with E-state index in [1.165, 1.54) is 0 Å². The van der Waals surface area contributed by atoms with Gasteiger partial charge in [0.2, 0.25) is 0 Å². The van der Waals surface area contributed by atoms with Gasteiger partial charge in [0.1, 0.15) is 17.3 Å². The van der Waals surface area contributed by atoms with Crippen LogP contribution in [0.25, 0.3) is 11.5 Å². The maximum absolute atomic E-state index is 8.65. The van der Waals surface area contributed by atoms with Gasteiger partial charge in [0.15, 0.2) is 5.76 Å². The number of nitrogens with one attached hydrogen (secondary N) is 1. The highest BCUT2D eigenvalue weighted by atomic mass is 16.3. The lowest BCUT2D eigenvalue weighted by Crippen LogP contribution is -2.05. The van der Waals surface area contributed by atoms with Gasteiger partial charge in [-0.3, -0.25) is 0 Å². The number of hydrogen-bond donors (Lipinski definition) is 2. The van der Waals surface area contributed by atoms with Crippen molar-refractivity contribution in [3.05, 3.63) is 30.0 Å². The average Bonchev–Trinajstić information content (AvgIpc) is 2.77. The number of rotatable bonds is 5. The van der Waals surface area contributed by atoms with Crippen LogP contribution >= 0.6 is 0 Å². The Balaban J connectivity index is 2.02. The fourth-order valence-electron chi connectivity index (χ4n) is 1.43. The predicted octanol–water partition coefficient (Wildman–Crippen LogP) is 1.84. The maximum atomic E-state index is 8.65. The molecule has 2 rings (SSSR count). The van der Waals surface area contributed by atoms with E-state index in [1.54, 1.807) is 0 Å². The first-order valence-electron chi connectivity index (χ1n) is 5.55. The summed E-state index contributed by atoms with van der Waals surface area (Å²) >= 11 is 0. The first-order valence-corrected chi connectivity index (χ1v) is 5.55. The van der Waals surface area contributed by atoms with Crippen molar-refractivity contribution in [1.82, 2.24) is 10.2 Å². The molecule has 0 spiro atoms. The van der Waals surface area contributed by atoms with E-state index in [-0.39, 0.29) is 6.61 Å². The van der Waals surface area contributed by atoms with Crippen molar-refractivity contribution in [3.8, 4) is 11.5 Å². The third kappa shape index (κ3) is 3.04. The van der Waals surface area contributed by atoms with E-state index in [4.69, 9.17) is 9.52 Å². The van der Waals surface area contributed by atoms with E-state index in [9.17, 15) is 0 Å². The predicted molar refractivity (Wildman–Crippen MR) is 64.7 cm³/mol. The maximum Gasteiger partial charge on any atom is 0.154 e. The summed E-state index contributed by atoms with van der Waals surface area (Å²) in [4.78, 5) is 0. The number of hydrogen-bond acceptors (Lipinski definition) is 5. The largest absolute Gasteiger partial charge is 0.460 e. The molecule has 0 radical (unpaired) electrons. The molecule has 5 nitrogen and oxygen atoms in total. The topological polar surface area (TPSA) is 71.2 Å². The molecule has 2 aromatic heterocycles. The summed E-state index contributed by atoms with van der Waals surface area (Å²) in [5, 5.41) is 19.8. The summed E-state index contributed by atoms with van der Waals surface area (Å²) < 4.78 is 5.45. The highest BCUT2D eigenvalue weighted by molar-refractivity contribution is 5.53. The number of furan rings is 1. The summed E-state index contributed by atoms with van der Waals surface area (Å²) in [5.74, 6) is 2.27. The zero-order chi connectivity index (χ0) is 12.1. The Labute approximate surface area is 99.5 Å². The smallest absolute Gasteiger partial charge is 0.154 e. The van der Waals surface area contributed by atoms with Crippen LogP contribution in [-0.4, -0.2) is 28.5 Å². The van der Waals surface area contributed by atoms with E-state index in [1.807, 2.05) is 31.2 Å². The molecule has 90 valence electrons. The fourth-order valence-corrected chi connectivity index (χ4v) is 1.43. The van der Waals surface area contributed by atoms with Crippen LogP contribution in [0.4, 0.5) is 5.82 Å². The van der Waals surface area contributed by atoms with Crippen LogP contribution in [0.3, 0.4) is 0 Å². The molecule has 0 aromatic carbocycles. The highest BCUT2D eigenvalue weighted by Gasteiger charge is 2.04. The number of aliphatic hydroxyl groups is 1. The van der Waals surface area contributed by atoms with Crippen LogP contribution in [-0.2, 0) is 0 Å². The fraction of sp³-hybridized carbons (Fsp3) is 0.333. The molecule has 0 aliphatic carbocycles. The van der Waals surface area contributed by atoms with Gasteiger partial charge in [0, 0.05) is 13.2 Å². The van der Waals surface area contributed by atoms with E-state index in [2.05, 4.69) is 15.5 Å². The molecule has 2 aromatic rings. The molecular weight excluding hydrogens is 218 g/mol. The summed E-state index contributed by atoms with van der Waals surface area (Å²) in [6, 6.07) is 7.47. The van der Waals surface area contributed by atoms with Crippen LogP contribution < -0.4 is 5.32 Å². The van der Waals surface area contributed by atoms with Gasteiger partial charge in [-0.15, -0.1) is 10.2 Å². The number of nitrogens with zero attached hydrogens (tertiary/aromatic N) is 2. The molecule has 2 heterocycles. The Morgan fingerprint density at radius 1 is 1.24 bits per heavy atom. The molecule has 0 bridgehead atoms. The number of aromatic nitrogens is 2. The van der Waals surface area contributed by atoms with Crippen LogP contribution in [0.2, 0.25) is 0 Å². The van der Waals surface area contributed by atoms with Crippen molar-refractivity contribution in [2.45, 2.75) is 13.3 Å². The number of aliphatic hydroxyl groups excluding tert-OH is 1. The second kappa shape index (κ2) is 5.45. The quantitative estimate of drug-likeness (QED) is 0.771. The molecule has 2 N–H and O–H groups in total. The lowest BCUT2D eigenvalue weighted by Gasteiger charge is -2.03. The van der Waals surface area contributed by atoms with Crippen LogP contribution in [0.5, 0.6) is 0 Å². The molecule has 0 amide bonds. The first-order chi connectivity index (χ1) is 8.29. The summed E-state index contributed by atoms with van der Waals surface area (Å²) in [5.41, 5.74) is 0.714. The van der Waals surface area contributed by atoms with Gasteiger partial charge in [-0.05, 0) is 37.6 Å². The molecule has 0 atom stereocenters.